The zero-order chi connectivity index (χ0) is 15.1. The van der Waals surface area contributed by atoms with E-state index in [4.69, 9.17) is 15.6 Å². The van der Waals surface area contributed by atoms with Crippen LogP contribution >= 0.6 is 0 Å². The topological polar surface area (TPSA) is 84.6 Å². The van der Waals surface area contributed by atoms with Crippen molar-refractivity contribution in [3.63, 3.8) is 0 Å². The van der Waals surface area contributed by atoms with Crippen molar-refractivity contribution >= 4 is 11.6 Å². The SMILES string of the molecule is NCC1(C(=O)Nc2cccc(CCCO)c2)CCOCC1. The van der Waals surface area contributed by atoms with E-state index < -0.39 is 5.41 Å². The lowest BCUT2D eigenvalue weighted by Gasteiger charge is -2.34. The summed E-state index contributed by atoms with van der Waals surface area (Å²) in [6.45, 7) is 1.68. The molecule has 21 heavy (non-hydrogen) atoms. The number of hydrogen-bond acceptors (Lipinski definition) is 4. The van der Waals surface area contributed by atoms with E-state index in [1.54, 1.807) is 0 Å². The van der Waals surface area contributed by atoms with E-state index in [-0.39, 0.29) is 12.5 Å². The molecule has 0 bridgehead atoms. The lowest BCUT2D eigenvalue weighted by atomic mass is 9.79. The van der Waals surface area contributed by atoms with Crippen LogP contribution in [0.2, 0.25) is 0 Å². The zero-order valence-electron chi connectivity index (χ0n) is 12.3. The Morgan fingerprint density at radius 3 is 2.81 bits per heavy atom. The molecular weight excluding hydrogens is 268 g/mol. The molecule has 0 aromatic heterocycles. The average Bonchev–Trinajstić information content (AvgIpc) is 2.54. The van der Waals surface area contributed by atoms with E-state index in [1.807, 2.05) is 24.3 Å². The van der Waals surface area contributed by atoms with Crippen LogP contribution in [-0.2, 0) is 16.0 Å². The van der Waals surface area contributed by atoms with Crippen LogP contribution in [0.4, 0.5) is 5.69 Å². The van der Waals surface area contributed by atoms with Crippen molar-refractivity contribution in [1.29, 1.82) is 0 Å². The largest absolute Gasteiger partial charge is 0.396 e. The fraction of sp³-hybridized carbons (Fsp3) is 0.562. The summed E-state index contributed by atoms with van der Waals surface area (Å²) in [5, 5.41) is 11.9. The third kappa shape index (κ3) is 4.03. The molecule has 116 valence electrons. The molecule has 0 aliphatic carbocycles. The fourth-order valence-electron chi connectivity index (χ4n) is 2.64. The molecule has 1 amide bonds. The summed E-state index contributed by atoms with van der Waals surface area (Å²) >= 11 is 0. The highest BCUT2D eigenvalue weighted by molar-refractivity contribution is 5.95. The number of nitrogens with one attached hydrogen (secondary N) is 1. The maximum absolute atomic E-state index is 12.6. The number of ether oxygens (including phenoxy) is 1. The molecule has 5 heteroatoms. The van der Waals surface area contributed by atoms with Crippen LogP contribution in [0.5, 0.6) is 0 Å². The predicted molar refractivity (Wildman–Crippen MR) is 82.0 cm³/mol. The molecule has 1 aliphatic heterocycles. The Morgan fingerprint density at radius 2 is 2.14 bits per heavy atom. The first-order valence-electron chi connectivity index (χ1n) is 7.49. The van der Waals surface area contributed by atoms with Gasteiger partial charge >= 0.3 is 0 Å². The number of amides is 1. The lowest BCUT2D eigenvalue weighted by molar-refractivity contribution is -0.130. The van der Waals surface area contributed by atoms with Crippen LogP contribution in [0.15, 0.2) is 24.3 Å². The average molecular weight is 292 g/mol. The minimum absolute atomic E-state index is 0.0207. The van der Waals surface area contributed by atoms with Gasteiger partial charge in [0.1, 0.15) is 0 Å². The van der Waals surface area contributed by atoms with Crippen LogP contribution in [0.3, 0.4) is 0 Å². The van der Waals surface area contributed by atoms with Crippen LogP contribution < -0.4 is 11.1 Å². The molecule has 1 fully saturated rings. The first-order valence-corrected chi connectivity index (χ1v) is 7.49. The molecule has 2 rings (SSSR count). The first kappa shape index (κ1) is 15.9. The van der Waals surface area contributed by atoms with Crippen molar-refractivity contribution in [2.75, 3.05) is 31.7 Å². The molecule has 0 spiro atoms. The quantitative estimate of drug-likeness (QED) is 0.738. The molecule has 0 saturated carbocycles. The predicted octanol–water partition coefficient (Wildman–Crippen LogP) is 1.31. The third-order valence-electron chi connectivity index (χ3n) is 4.13. The van der Waals surface area contributed by atoms with Crippen LogP contribution in [0, 0.1) is 5.41 Å². The Labute approximate surface area is 125 Å². The number of nitrogens with two attached hydrogens (primary N) is 1. The summed E-state index contributed by atoms with van der Waals surface area (Å²) < 4.78 is 5.33. The van der Waals surface area contributed by atoms with Gasteiger partial charge in [0.2, 0.25) is 5.91 Å². The normalized spacial score (nSPS) is 17.4. The van der Waals surface area contributed by atoms with Crippen LogP contribution in [0.1, 0.15) is 24.8 Å². The van der Waals surface area contributed by atoms with Gasteiger partial charge in [-0.2, -0.15) is 0 Å². The molecule has 0 atom stereocenters. The Morgan fingerprint density at radius 1 is 1.38 bits per heavy atom. The van der Waals surface area contributed by atoms with Crippen LogP contribution in [-0.4, -0.2) is 37.4 Å². The standard InChI is InChI=1S/C16H24N2O3/c17-12-16(6-9-21-10-7-16)15(20)18-14-5-1-3-13(11-14)4-2-8-19/h1,3,5,11,19H,2,4,6-10,12,17H2,(H,18,20). The van der Waals surface area contributed by atoms with E-state index in [2.05, 4.69) is 5.32 Å². The second-order valence-electron chi connectivity index (χ2n) is 5.58. The van der Waals surface area contributed by atoms with Crippen molar-refractivity contribution in [3.05, 3.63) is 29.8 Å². The fourth-order valence-corrected chi connectivity index (χ4v) is 2.64. The van der Waals surface area contributed by atoms with Crippen LogP contribution in [0.25, 0.3) is 0 Å². The van der Waals surface area contributed by atoms with Gasteiger partial charge in [-0.05, 0) is 43.4 Å². The zero-order valence-corrected chi connectivity index (χ0v) is 12.3. The van der Waals surface area contributed by atoms with Gasteiger partial charge in [-0.15, -0.1) is 0 Å². The Balaban J connectivity index is 2.04. The van der Waals surface area contributed by atoms with E-state index in [0.29, 0.717) is 32.6 Å². The highest BCUT2D eigenvalue weighted by Gasteiger charge is 2.38. The number of carbonyl (C=O) groups excluding carboxylic acids is 1. The summed E-state index contributed by atoms with van der Waals surface area (Å²) in [7, 11) is 0. The molecule has 1 heterocycles. The number of aryl methyl sites for hydroxylation is 1. The highest BCUT2D eigenvalue weighted by Crippen LogP contribution is 2.31. The molecule has 1 aliphatic rings. The van der Waals surface area contributed by atoms with Gasteiger partial charge in [-0.1, -0.05) is 12.1 Å². The summed E-state index contributed by atoms with van der Waals surface area (Å²) in [6.07, 6.45) is 2.86. The number of aliphatic hydroxyl groups excluding tert-OH is 1. The monoisotopic (exact) mass is 292 g/mol. The molecule has 4 N–H and O–H groups in total. The van der Waals surface area contributed by atoms with Gasteiger partial charge in [-0.25, -0.2) is 0 Å². The van der Waals surface area contributed by atoms with Crippen molar-refractivity contribution in [1.82, 2.24) is 0 Å². The Kier molecular flexibility index (Phi) is 5.73. The minimum atomic E-state index is -0.515. The number of anilines is 1. The Hall–Kier alpha value is -1.43. The highest BCUT2D eigenvalue weighted by atomic mass is 16.5. The molecule has 5 nitrogen and oxygen atoms in total. The second kappa shape index (κ2) is 7.54. The van der Waals surface area contributed by atoms with Crippen molar-refractivity contribution in [2.45, 2.75) is 25.7 Å². The smallest absolute Gasteiger partial charge is 0.232 e. The first-order chi connectivity index (χ1) is 10.2. The molecule has 1 aromatic rings. The number of rotatable bonds is 6. The van der Waals surface area contributed by atoms with Gasteiger partial charge in [-0.3, -0.25) is 4.79 Å². The number of carbonyl (C=O) groups is 1. The van der Waals surface area contributed by atoms with Gasteiger partial charge in [0, 0.05) is 32.1 Å². The summed E-state index contributed by atoms with van der Waals surface area (Å²) in [4.78, 5) is 12.6. The number of aliphatic hydroxyl groups is 1. The lowest BCUT2D eigenvalue weighted by Crippen LogP contribution is -2.46. The van der Waals surface area contributed by atoms with Crippen molar-refractivity contribution in [2.24, 2.45) is 11.1 Å². The second-order valence-corrected chi connectivity index (χ2v) is 5.58. The molecule has 1 saturated heterocycles. The number of hydrogen-bond donors (Lipinski definition) is 3. The van der Waals surface area contributed by atoms with E-state index >= 15 is 0 Å². The van der Waals surface area contributed by atoms with E-state index in [0.717, 1.165) is 24.1 Å². The number of benzene rings is 1. The summed E-state index contributed by atoms with van der Waals surface area (Å²) in [6, 6.07) is 7.75. The molecule has 0 unspecified atom stereocenters. The summed E-state index contributed by atoms with van der Waals surface area (Å²) in [5.74, 6) is -0.0207. The van der Waals surface area contributed by atoms with Gasteiger partial charge in [0.25, 0.3) is 0 Å². The molecule has 1 aromatic carbocycles. The van der Waals surface area contributed by atoms with Gasteiger partial charge in [0.15, 0.2) is 0 Å². The molecular formula is C16H24N2O3. The maximum atomic E-state index is 12.6. The van der Waals surface area contributed by atoms with Gasteiger partial charge < -0.3 is 20.9 Å². The third-order valence-corrected chi connectivity index (χ3v) is 4.13. The summed E-state index contributed by atoms with van der Waals surface area (Å²) in [5.41, 5.74) is 7.22. The van der Waals surface area contributed by atoms with Gasteiger partial charge in [0.05, 0.1) is 5.41 Å². The van der Waals surface area contributed by atoms with E-state index in [9.17, 15) is 4.79 Å². The molecule has 0 radical (unpaired) electrons. The van der Waals surface area contributed by atoms with Crippen molar-refractivity contribution in [3.8, 4) is 0 Å². The van der Waals surface area contributed by atoms with E-state index in [1.165, 1.54) is 0 Å². The maximum Gasteiger partial charge on any atom is 0.232 e. The van der Waals surface area contributed by atoms with Crippen molar-refractivity contribution < 1.29 is 14.6 Å². The Bertz CT molecular complexity index is 470. The minimum Gasteiger partial charge on any atom is -0.396 e.